The molecule has 0 radical (unpaired) electrons. The number of rotatable bonds is 4. The molecule has 1 saturated carbocycles. The molecule has 1 fully saturated rings. The zero-order chi connectivity index (χ0) is 13.2. The van der Waals surface area contributed by atoms with Crippen molar-refractivity contribution in [2.75, 3.05) is 23.8 Å². The predicted octanol–water partition coefficient (Wildman–Crippen LogP) is 4.69. The van der Waals surface area contributed by atoms with E-state index in [9.17, 15) is 0 Å². The van der Waals surface area contributed by atoms with Gasteiger partial charge in [0.2, 0.25) is 0 Å². The van der Waals surface area contributed by atoms with Gasteiger partial charge < -0.3 is 4.90 Å². The van der Waals surface area contributed by atoms with E-state index >= 15 is 0 Å². The third kappa shape index (κ3) is 3.09. The van der Waals surface area contributed by atoms with Crippen LogP contribution in [0.2, 0.25) is 0 Å². The standard InChI is InChI=1S/C16H24BrN/c1-13-8-14(2)10-15(9-13)18(3)12-16(11-17)6-4-5-7-16/h8-10H,4-7,11-12H2,1-3H3. The first-order valence-corrected chi connectivity index (χ1v) is 8.02. The van der Waals surface area contributed by atoms with Crippen LogP contribution in [-0.4, -0.2) is 18.9 Å². The highest BCUT2D eigenvalue weighted by Gasteiger charge is 2.33. The van der Waals surface area contributed by atoms with Crippen LogP contribution >= 0.6 is 15.9 Å². The van der Waals surface area contributed by atoms with Gasteiger partial charge in [-0.3, -0.25) is 0 Å². The van der Waals surface area contributed by atoms with Gasteiger partial charge in [0.15, 0.2) is 0 Å². The molecule has 1 aliphatic rings. The van der Waals surface area contributed by atoms with Crippen LogP contribution in [0.4, 0.5) is 5.69 Å². The lowest BCUT2D eigenvalue weighted by Gasteiger charge is -2.33. The summed E-state index contributed by atoms with van der Waals surface area (Å²) in [6.45, 7) is 5.53. The molecule has 1 aromatic rings. The molecule has 18 heavy (non-hydrogen) atoms. The number of alkyl halides is 1. The minimum absolute atomic E-state index is 0.492. The van der Waals surface area contributed by atoms with E-state index in [0.29, 0.717) is 5.41 Å². The second kappa shape index (κ2) is 5.64. The van der Waals surface area contributed by atoms with Gasteiger partial charge in [0.05, 0.1) is 0 Å². The van der Waals surface area contributed by atoms with E-state index in [2.05, 4.69) is 59.9 Å². The Labute approximate surface area is 120 Å². The molecule has 1 aliphatic carbocycles. The molecular weight excluding hydrogens is 286 g/mol. The van der Waals surface area contributed by atoms with E-state index < -0.39 is 0 Å². The molecule has 0 heterocycles. The Hall–Kier alpha value is -0.500. The van der Waals surface area contributed by atoms with Gasteiger partial charge in [-0.05, 0) is 55.4 Å². The van der Waals surface area contributed by atoms with E-state index in [4.69, 9.17) is 0 Å². The van der Waals surface area contributed by atoms with Crippen molar-refractivity contribution in [3.8, 4) is 0 Å². The maximum atomic E-state index is 3.74. The molecule has 0 amide bonds. The molecule has 0 unspecified atom stereocenters. The van der Waals surface area contributed by atoms with Crippen LogP contribution in [-0.2, 0) is 0 Å². The topological polar surface area (TPSA) is 3.24 Å². The Morgan fingerprint density at radius 2 is 1.67 bits per heavy atom. The number of halogens is 1. The van der Waals surface area contributed by atoms with Crippen molar-refractivity contribution in [2.45, 2.75) is 39.5 Å². The highest BCUT2D eigenvalue weighted by Crippen LogP contribution is 2.40. The second-order valence-electron chi connectivity index (χ2n) is 6.04. The lowest BCUT2D eigenvalue weighted by atomic mass is 9.88. The van der Waals surface area contributed by atoms with Crippen molar-refractivity contribution >= 4 is 21.6 Å². The lowest BCUT2D eigenvalue weighted by molar-refractivity contribution is 0.356. The Balaban J connectivity index is 2.13. The quantitative estimate of drug-likeness (QED) is 0.729. The van der Waals surface area contributed by atoms with Gasteiger partial charge >= 0.3 is 0 Å². The zero-order valence-corrected chi connectivity index (χ0v) is 13.4. The minimum atomic E-state index is 0.492. The van der Waals surface area contributed by atoms with E-state index in [1.54, 1.807) is 0 Å². The van der Waals surface area contributed by atoms with Gasteiger partial charge in [-0.25, -0.2) is 0 Å². The number of aryl methyl sites for hydroxylation is 2. The monoisotopic (exact) mass is 309 g/mol. The summed E-state index contributed by atoms with van der Waals surface area (Å²) >= 11 is 3.74. The van der Waals surface area contributed by atoms with Crippen LogP contribution in [0.25, 0.3) is 0 Å². The third-order valence-electron chi connectivity index (χ3n) is 4.17. The first kappa shape index (κ1) is 13.9. The van der Waals surface area contributed by atoms with Gasteiger partial charge in [0.25, 0.3) is 0 Å². The molecule has 2 rings (SSSR count). The molecular formula is C16H24BrN. The molecule has 0 saturated heterocycles. The Morgan fingerprint density at radius 3 is 2.17 bits per heavy atom. The van der Waals surface area contributed by atoms with Gasteiger partial charge in [-0.2, -0.15) is 0 Å². The van der Waals surface area contributed by atoms with E-state index in [1.807, 2.05) is 0 Å². The summed E-state index contributed by atoms with van der Waals surface area (Å²) in [7, 11) is 2.23. The predicted molar refractivity (Wildman–Crippen MR) is 83.9 cm³/mol. The van der Waals surface area contributed by atoms with Crippen LogP contribution < -0.4 is 4.90 Å². The van der Waals surface area contributed by atoms with E-state index in [1.165, 1.54) is 49.0 Å². The summed E-state index contributed by atoms with van der Waals surface area (Å²) in [4.78, 5) is 2.44. The van der Waals surface area contributed by atoms with Crippen LogP contribution in [0.1, 0.15) is 36.8 Å². The minimum Gasteiger partial charge on any atom is -0.374 e. The molecule has 1 nitrogen and oxygen atoms in total. The summed E-state index contributed by atoms with van der Waals surface area (Å²) in [6, 6.07) is 6.83. The van der Waals surface area contributed by atoms with Gasteiger partial charge in [-0.15, -0.1) is 0 Å². The smallest absolute Gasteiger partial charge is 0.0369 e. The van der Waals surface area contributed by atoms with Gasteiger partial charge in [-0.1, -0.05) is 34.8 Å². The summed E-state index contributed by atoms with van der Waals surface area (Å²) in [5, 5.41) is 1.13. The largest absolute Gasteiger partial charge is 0.374 e. The summed E-state index contributed by atoms with van der Waals surface area (Å²) in [6.07, 6.45) is 5.53. The van der Waals surface area contributed by atoms with Crippen LogP contribution in [0.3, 0.4) is 0 Å². The molecule has 0 spiro atoms. The molecule has 0 bridgehead atoms. The molecule has 0 aliphatic heterocycles. The van der Waals surface area contributed by atoms with Crippen molar-refractivity contribution in [3.05, 3.63) is 29.3 Å². The van der Waals surface area contributed by atoms with E-state index in [-0.39, 0.29) is 0 Å². The normalized spacial score (nSPS) is 18.0. The summed E-state index contributed by atoms with van der Waals surface area (Å²) in [5.41, 5.74) is 4.57. The van der Waals surface area contributed by atoms with Crippen LogP contribution in [0, 0.1) is 19.3 Å². The van der Waals surface area contributed by atoms with Crippen molar-refractivity contribution < 1.29 is 0 Å². The second-order valence-corrected chi connectivity index (χ2v) is 6.60. The van der Waals surface area contributed by atoms with E-state index in [0.717, 1.165) is 5.33 Å². The maximum Gasteiger partial charge on any atom is 0.0369 e. The average molecular weight is 310 g/mol. The van der Waals surface area contributed by atoms with Crippen molar-refractivity contribution in [3.63, 3.8) is 0 Å². The van der Waals surface area contributed by atoms with Crippen molar-refractivity contribution in [1.29, 1.82) is 0 Å². The van der Waals surface area contributed by atoms with Gasteiger partial charge in [0, 0.05) is 24.6 Å². The molecule has 1 aromatic carbocycles. The van der Waals surface area contributed by atoms with Crippen LogP contribution in [0.15, 0.2) is 18.2 Å². The lowest BCUT2D eigenvalue weighted by Crippen LogP contribution is -2.35. The van der Waals surface area contributed by atoms with Crippen molar-refractivity contribution in [1.82, 2.24) is 0 Å². The summed E-state index contributed by atoms with van der Waals surface area (Å²) < 4.78 is 0. The fraction of sp³-hybridized carbons (Fsp3) is 0.625. The molecule has 0 atom stereocenters. The van der Waals surface area contributed by atoms with Crippen molar-refractivity contribution in [2.24, 2.45) is 5.41 Å². The SMILES string of the molecule is Cc1cc(C)cc(N(C)CC2(CBr)CCCC2)c1. The number of benzene rings is 1. The molecule has 100 valence electrons. The highest BCUT2D eigenvalue weighted by atomic mass is 79.9. The fourth-order valence-electron chi connectivity index (χ4n) is 3.22. The summed E-state index contributed by atoms with van der Waals surface area (Å²) in [5.74, 6) is 0. The third-order valence-corrected chi connectivity index (χ3v) is 5.36. The first-order chi connectivity index (χ1) is 8.54. The zero-order valence-electron chi connectivity index (χ0n) is 11.8. The van der Waals surface area contributed by atoms with Crippen LogP contribution in [0.5, 0.6) is 0 Å². The molecule has 2 heteroatoms. The Morgan fingerprint density at radius 1 is 1.11 bits per heavy atom. The molecule has 0 aromatic heterocycles. The van der Waals surface area contributed by atoms with Gasteiger partial charge in [0.1, 0.15) is 0 Å². The number of hydrogen-bond donors (Lipinski definition) is 0. The number of anilines is 1. The maximum absolute atomic E-state index is 3.74. The Bertz CT molecular complexity index is 387. The molecule has 0 N–H and O–H groups in total. The first-order valence-electron chi connectivity index (χ1n) is 6.90. The highest BCUT2D eigenvalue weighted by molar-refractivity contribution is 9.09. The number of nitrogens with zero attached hydrogens (tertiary/aromatic N) is 1. The number of hydrogen-bond acceptors (Lipinski definition) is 1. The Kier molecular flexibility index (Phi) is 4.37. The average Bonchev–Trinajstić information content (AvgIpc) is 2.77. The fourth-order valence-corrected chi connectivity index (χ4v) is 3.96.